The van der Waals surface area contributed by atoms with Crippen molar-refractivity contribution in [2.24, 2.45) is 28.6 Å². The lowest BCUT2D eigenvalue weighted by atomic mass is 9.43. The van der Waals surface area contributed by atoms with Crippen LogP contribution in [0.5, 0.6) is 0 Å². The molecule has 0 spiro atoms. The highest BCUT2D eigenvalue weighted by atomic mass is 35.5. The molecule has 3 fully saturated rings. The second-order valence-corrected chi connectivity index (χ2v) is 11.8. The summed E-state index contributed by atoms with van der Waals surface area (Å²) in [5, 5.41) is 0.445. The van der Waals surface area contributed by atoms with Crippen molar-refractivity contribution in [3.8, 4) is 0 Å². The number of fused-ring (bicyclic) bond motifs is 3. The van der Waals surface area contributed by atoms with Gasteiger partial charge in [-0.3, -0.25) is 14.4 Å². The minimum atomic E-state index is -1.21. The smallest absolute Gasteiger partial charge is 0.338 e. The van der Waals surface area contributed by atoms with Crippen LogP contribution < -0.4 is 0 Å². The van der Waals surface area contributed by atoms with Crippen LogP contribution in [0.4, 0.5) is 0 Å². The van der Waals surface area contributed by atoms with Gasteiger partial charge < -0.3 is 18.6 Å². The van der Waals surface area contributed by atoms with Crippen LogP contribution in [-0.4, -0.2) is 36.9 Å². The van der Waals surface area contributed by atoms with Crippen LogP contribution in [0.2, 0.25) is 10.0 Å². The number of methoxy groups -OCH3 is 1. The maximum absolute atomic E-state index is 14.2. The first kappa shape index (κ1) is 26.8. The Morgan fingerprint density at radius 2 is 1.84 bits per heavy atom. The van der Waals surface area contributed by atoms with Gasteiger partial charge in [0.25, 0.3) is 0 Å². The van der Waals surface area contributed by atoms with Gasteiger partial charge in [0, 0.05) is 17.9 Å². The maximum atomic E-state index is 14.2. The molecule has 2 saturated carbocycles. The summed E-state index contributed by atoms with van der Waals surface area (Å²) in [6, 6.07) is 6.02. The van der Waals surface area contributed by atoms with Gasteiger partial charge in [-0.1, -0.05) is 37.0 Å². The van der Waals surface area contributed by atoms with E-state index in [1.54, 1.807) is 6.07 Å². The number of Topliss-reactive ketones (excluding diaryl/α,β-unsaturated/α-hetero) is 1. The molecule has 0 bridgehead atoms. The van der Waals surface area contributed by atoms with Crippen molar-refractivity contribution in [3.05, 3.63) is 58.0 Å². The third-order valence-electron chi connectivity index (χ3n) is 8.91. The van der Waals surface area contributed by atoms with E-state index in [1.165, 1.54) is 37.8 Å². The summed E-state index contributed by atoms with van der Waals surface area (Å²) in [5.41, 5.74) is -0.840. The fourth-order valence-electron chi connectivity index (χ4n) is 7.08. The average molecular weight is 563 g/mol. The highest BCUT2D eigenvalue weighted by Gasteiger charge is 2.67. The van der Waals surface area contributed by atoms with Gasteiger partial charge >= 0.3 is 17.9 Å². The first-order chi connectivity index (χ1) is 18.0. The molecular formula is C28H28Cl2O8. The first-order valence-electron chi connectivity index (χ1n) is 12.5. The van der Waals surface area contributed by atoms with Crippen molar-refractivity contribution in [2.75, 3.05) is 7.11 Å². The Labute approximate surface area is 229 Å². The van der Waals surface area contributed by atoms with Gasteiger partial charge in [-0.05, 0) is 54.4 Å². The van der Waals surface area contributed by atoms with Crippen molar-refractivity contribution in [3.63, 3.8) is 0 Å². The Hall–Kier alpha value is -2.84. The number of hydrogen-bond acceptors (Lipinski definition) is 8. The fourth-order valence-corrected chi connectivity index (χ4v) is 7.38. The minimum absolute atomic E-state index is 0.0120. The largest absolute Gasteiger partial charge is 0.472 e. The molecule has 5 rings (SSSR count). The molecule has 1 saturated heterocycles. The van der Waals surface area contributed by atoms with Crippen molar-refractivity contribution in [1.29, 1.82) is 0 Å². The highest BCUT2D eigenvalue weighted by Crippen LogP contribution is 2.65. The second-order valence-electron chi connectivity index (χ2n) is 11.0. The lowest BCUT2D eigenvalue weighted by Gasteiger charge is -2.61. The van der Waals surface area contributed by atoms with Gasteiger partial charge in [0.2, 0.25) is 0 Å². The molecule has 38 heavy (non-hydrogen) atoms. The molecule has 0 radical (unpaired) electrons. The molecular weight excluding hydrogens is 535 g/mol. The third-order valence-corrected chi connectivity index (χ3v) is 9.65. The number of hydrogen-bond donors (Lipinski definition) is 0. The number of benzene rings is 1. The fraction of sp³-hybridized carbons (Fsp3) is 0.500. The summed E-state index contributed by atoms with van der Waals surface area (Å²) in [4.78, 5) is 53.6. The molecule has 1 aliphatic heterocycles. The number of carbonyl (C=O) groups is 4. The van der Waals surface area contributed by atoms with Crippen LogP contribution in [0.15, 0.2) is 41.2 Å². The van der Waals surface area contributed by atoms with Crippen molar-refractivity contribution < 1.29 is 37.8 Å². The van der Waals surface area contributed by atoms with E-state index in [-0.39, 0.29) is 33.8 Å². The molecule has 2 heterocycles. The lowest BCUT2D eigenvalue weighted by Crippen LogP contribution is -2.64. The van der Waals surface area contributed by atoms with Crippen molar-refractivity contribution in [1.82, 2.24) is 0 Å². The first-order valence-corrected chi connectivity index (χ1v) is 13.3. The van der Waals surface area contributed by atoms with Crippen molar-refractivity contribution in [2.45, 2.75) is 51.7 Å². The Bertz CT molecular complexity index is 1290. The van der Waals surface area contributed by atoms with Gasteiger partial charge in [0.1, 0.15) is 6.10 Å². The average Bonchev–Trinajstić information content (AvgIpc) is 3.41. The van der Waals surface area contributed by atoms with Gasteiger partial charge in [0.15, 0.2) is 11.9 Å². The number of esters is 3. The van der Waals surface area contributed by atoms with E-state index < -0.39 is 52.7 Å². The molecule has 202 valence electrons. The quantitative estimate of drug-likeness (QED) is 0.349. The number of halogens is 2. The lowest BCUT2D eigenvalue weighted by molar-refractivity contribution is -0.208. The third kappa shape index (κ3) is 4.22. The van der Waals surface area contributed by atoms with Gasteiger partial charge in [0.05, 0.1) is 47.1 Å². The van der Waals surface area contributed by atoms with E-state index in [1.807, 2.05) is 13.8 Å². The predicted octanol–water partition coefficient (Wildman–Crippen LogP) is 5.60. The molecule has 0 amide bonds. The monoisotopic (exact) mass is 562 g/mol. The Balaban J connectivity index is 1.53. The zero-order valence-electron chi connectivity index (χ0n) is 21.2. The molecule has 1 aromatic carbocycles. The van der Waals surface area contributed by atoms with E-state index in [0.29, 0.717) is 24.8 Å². The standard InChI is InChI=1S/C28H28Cl2O8/c1-27-8-6-16-26(34)38-21(15-7-9-36-13-15)12-28(16,2)23(27)22(31)20(11-17(27)25(33)35-3)37-24(32)14-4-5-18(29)19(30)10-14/h4-5,7,9-10,13,16-17,20-21,23H,6,8,11-12H2,1-3H3/t16-,17-,20-,21-,23-,27-,28-/m0/s1. The Kier molecular flexibility index (Phi) is 6.84. The van der Waals surface area contributed by atoms with E-state index in [2.05, 4.69) is 0 Å². The second kappa shape index (κ2) is 9.72. The number of cyclic esters (lactones) is 1. The topological polar surface area (TPSA) is 109 Å². The maximum Gasteiger partial charge on any atom is 0.338 e. The van der Waals surface area contributed by atoms with E-state index in [9.17, 15) is 19.2 Å². The van der Waals surface area contributed by atoms with Gasteiger partial charge in [-0.15, -0.1) is 0 Å². The summed E-state index contributed by atoms with van der Waals surface area (Å²) < 4.78 is 21.8. The number of ketones is 1. The number of ether oxygens (including phenoxy) is 3. The van der Waals surface area contributed by atoms with Crippen LogP contribution in [0, 0.1) is 28.6 Å². The molecule has 0 unspecified atom stereocenters. The summed E-state index contributed by atoms with van der Waals surface area (Å²) >= 11 is 12.0. The Morgan fingerprint density at radius 3 is 2.50 bits per heavy atom. The van der Waals surface area contributed by atoms with E-state index >= 15 is 0 Å². The van der Waals surface area contributed by atoms with E-state index in [0.717, 1.165) is 0 Å². The number of carbonyl (C=O) groups excluding carboxylic acids is 4. The van der Waals surface area contributed by atoms with Crippen molar-refractivity contribution >= 4 is 46.9 Å². The summed E-state index contributed by atoms with van der Waals surface area (Å²) in [7, 11) is 1.30. The number of rotatable bonds is 4. The molecule has 2 aromatic rings. The van der Waals surface area contributed by atoms with Crippen LogP contribution in [0.25, 0.3) is 0 Å². The van der Waals surface area contributed by atoms with Gasteiger partial charge in [-0.25, -0.2) is 4.79 Å². The highest BCUT2D eigenvalue weighted by molar-refractivity contribution is 6.42. The molecule has 7 atom stereocenters. The Morgan fingerprint density at radius 1 is 1.08 bits per heavy atom. The molecule has 1 aromatic heterocycles. The molecule has 2 aliphatic carbocycles. The van der Waals surface area contributed by atoms with Crippen LogP contribution >= 0.6 is 23.2 Å². The zero-order valence-corrected chi connectivity index (χ0v) is 22.7. The van der Waals surface area contributed by atoms with Gasteiger partial charge in [-0.2, -0.15) is 0 Å². The summed E-state index contributed by atoms with van der Waals surface area (Å²) in [5.74, 6) is -3.96. The SMILES string of the molecule is COC(=O)[C@@H]1C[C@H](OC(=O)c2ccc(Cl)c(Cl)c2)C(=O)[C@H]2[C@@]1(C)CC[C@H]1C(=O)O[C@H](c3ccoc3)C[C@]21C. The molecule has 3 aliphatic rings. The van der Waals surface area contributed by atoms with Crippen LogP contribution in [-0.2, 0) is 28.6 Å². The van der Waals surface area contributed by atoms with E-state index in [4.69, 9.17) is 41.8 Å². The normalized spacial score (nSPS) is 34.5. The summed E-state index contributed by atoms with van der Waals surface area (Å²) in [6.07, 6.45) is 2.47. The van der Waals surface area contributed by atoms with Crippen LogP contribution in [0.3, 0.4) is 0 Å². The zero-order chi connectivity index (χ0) is 27.4. The molecule has 8 nitrogen and oxygen atoms in total. The van der Waals surface area contributed by atoms with Crippen LogP contribution in [0.1, 0.15) is 61.6 Å². The number of furan rings is 1. The minimum Gasteiger partial charge on any atom is -0.472 e. The molecule has 0 N–H and O–H groups in total. The predicted molar refractivity (Wildman–Crippen MR) is 135 cm³/mol. The molecule has 10 heteroatoms. The summed E-state index contributed by atoms with van der Waals surface area (Å²) in [6.45, 7) is 3.81.